The molecule has 0 saturated carbocycles. The molecule has 1 unspecified atom stereocenters. The predicted octanol–water partition coefficient (Wildman–Crippen LogP) is 4.87. The summed E-state index contributed by atoms with van der Waals surface area (Å²) >= 11 is 17.5. The maximum atomic E-state index is 13.8. The molecule has 94 valence electrons. The van der Waals surface area contributed by atoms with Gasteiger partial charge in [0.2, 0.25) is 0 Å². The highest BCUT2D eigenvalue weighted by atomic mass is 35.5. The number of aliphatic hydroxyl groups excluding tert-OH is 1. The fraction of sp³-hybridized carbons (Fsp3) is 0.0769. The van der Waals surface area contributed by atoms with Gasteiger partial charge in [0.25, 0.3) is 0 Å². The fourth-order valence-electron chi connectivity index (χ4n) is 1.63. The summed E-state index contributed by atoms with van der Waals surface area (Å²) in [4.78, 5) is 0. The molecule has 0 amide bonds. The minimum atomic E-state index is -1.21. The highest BCUT2D eigenvalue weighted by molar-refractivity contribution is 6.42. The number of rotatable bonds is 2. The van der Waals surface area contributed by atoms with Gasteiger partial charge >= 0.3 is 0 Å². The molecule has 2 rings (SSSR count). The molecule has 0 fully saturated rings. The van der Waals surface area contributed by atoms with Crippen LogP contribution < -0.4 is 0 Å². The first-order valence-electron chi connectivity index (χ1n) is 5.08. The number of aliphatic hydroxyl groups is 1. The van der Waals surface area contributed by atoms with Gasteiger partial charge in [0.05, 0.1) is 15.1 Å². The van der Waals surface area contributed by atoms with Crippen LogP contribution >= 0.6 is 34.8 Å². The second-order valence-electron chi connectivity index (χ2n) is 3.69. The van der Waals surface area contributed by atoms with Crippen molar-refractivity contribution in [3.8, 4) is 0 Å². The molecule has 1 atom stereocenters. The van der Waals surface area contributed by atoms with Crippen LogP contribution in [0.2, 0.25) is 15.1 Å². The summed E-state index contributed by atoms with van der Waals surface area (Å²) in [5.41, 5.74) is 0.400. The van der Waals surface area contributed by atoms with Gasteiger partial charge in [-0.05, 0) is 12.1 Å². The zero-order valence-corrected chi connectivity index (χ0v) is 11.3. The van der Waals surface area contributed by atoms with Crippen molar-refractivity contribution in [3.05, 3.63) is 68.4 Å². The van der Waals surface area contributed by atoms with Crippen LogP contribution in [0.5, 0.6) is 0 Å². The number of halogens is 4. The molecular formula is C13H8Cl3FO. The van der Waals surface area contributed by atoms with Crippen molar-refractivity contribution < 1.29 is 9.50 Å². The Balaban J connectivity index is 2.51. The third-order valence-electron chi connectivity index (χ3n) is 2.55. The molecule has 2 aromatic rings. The van der Waals surface area contributed by atoms with E-state index in [0.717, 1.165) is 0 Å². The van der Waals surface area contributed by atoms with E-state index in [1.807, 2.05) is 0 Å². The molecule has 1 N–H and O–H groups in total. The molecule has 18 heavy (non-hydrogen) atoms. The Labute approximate surface area is 119 Å². The van der Waals surface area contributed by atoms with E-state index in [2.05, 4.69) is 0 Å². The molecule has 0 radical (unpaired) electrons. The molecule has 5 heteroatoms. The minimum Gasteiger partial charge on any atom is -0.383 e. The van der Waals surface area contributed by atoms with Gasteiger partial charge in [-0.2, -0.15) is 0 Å². The standard InChI is InChI=1S/C13H8Cl3FO/c14-9-5-1-3-7(11(9)16)13(18)8-4-2-6-10(15)12(8)17/h1-6,13,18H. The summed E-state index contributed by atoms with van der Waals surface area (Å²) in [5, 5.41) is 10.6. The highest BCUT2D eigenvalue weighted by Crippen LogP contribution is 2.35. The Morgan fingerprint density at radius 1 is 0.889 bits per heavy atom. The van der Waals surface area contributed by atoms with Crippen LogP contribution in [0.15, 0.2) is 36.4 Å². The lowest BCUT2D eigenvalue weighted by atomic mass is 10.0. The third kappa shape index (κ3) is 2.47. The van der Waals surface area contributed by atoms with Crippen molar-refractivity contribution in [1.29, 1.82) is 0 Å². The van der Waals surface area contributed by atoms with Gasteiger partial charge in [-0.25, -0.2) is 4.39 Å². The summed E-state index contributed by atoms with van der Waals surface area (Å²) in [7, 11) is 0. The molecule has 0 bridgehead atoms. The van der Waals surface area contributed by atoms with Crippen LogP contribution in [0, 0.1) is 5.82 Å². The van der Waals surface area contributed by atoms with Gasteiger partial charge in [0.1, 0.15) is 11.9 Å². The molecule has 0 heterocycles. The molecule has 0 aromatic heterocycles. The lowest BCUT2D eigenvalue weighted by molar-refractivity contribution is 0.215. The summed E-state index contributed by atoms with van der Waals surface area (Å²) < 4.78 is 13.8. The summed E-state index contributed by atoms with van der Waals surface area (Å²) in [5.74, 6) is -0.664. The molecule has 0 spiro atoms. The number of hydrogen-bond donors (Lipinski definition) is 1. The Kier molecular flexibility index (Phi) is 4.13. The van der Waals surface area contributed by atoms with Gasteiger partial charge in [0, 0.05) is 11.1 Å². The Morgan fingerprint density at radius 2 is 1.44 bits per heavy atom. The van der Waals surface area contributed by atoms with E-state index in [1.165, 1.54) is 12.1 Å². The molecule has 1 nitrogen and oxygen atoms in total. The van der Waals surface area contributed by atoms with Gasteiger partial charge in [-0.3, -0.25) is 0 Å². The van der Waals surface area contributed by atoms with Crippen LogP contribution in [-0.2, 0) is 0 Å². The average Bonchev–Trinajstić information content (AvgIpc) is 2.35. The Bertz CT molecular complexity index is 535. The topological polar surface area (TPSA) is 20.2 Å². The van der Waals surface area contributed by atoms with E-state index < -0.39 is 11.9 Å². The highest BCUT2D eigenvalue weighted by Gasteiger charge is 2.20. The first-order valence-corrected chi connectivity index (χ1v) is 6.21. The summed E-state index contributed by atoms with van der Waals surface area (Å²) in [6.45, 7) is 0. The van der Waals surface area contributed by atoms with Crippen molar-refractivity contribution in [2.45, 2.75) is 6.10 Å². The first-order chi connectivity index (χ1) is 8.52. The molecule has 0 saturated heterocycles. The quantitative estimate of drug-likeness (QED) is 0.839. The summed E-state index contributed by atoms with van der Waals surface area (Å²) in [6, 6.07) is 9.22. The fourth-order valence-corrected chi connectivity index (χ4v) is 2.22. The predicted molar refractivity (Wildman–Crippen MR) is 71.9 cm³/mol. The number of benzene rings is 2. The summed E-state index contributed by atoms with van der Waals surface area (Å²) in [6.07, 6.45) is -1.21. The van der Waals surface area contributed by atoms with Crippen molar-refractivity contribution >= 4 is 34.8 Å². The number of hydrogen-bond acceptors (Lipinski definition) is 1. The van der Waals surface area contributed by atoms with E-state index in [0.29, 0.717) is 10.6 Å². The maximum Gasteiger partial charge on any atom is 0.147 e. The van der Waals surface area contributed by atoms with Crippen LogP contribution in [0.1, 0.15) is 17.2 Å². The third-order valence-corrected chi connectivity index (χ3v) is 3.68. The molecule has 0 aliphatic carbocycles. The first kappa shape index (κ1) is 13.6. The van der Waals surface area contributed by atoms with Crippen LogP contribution in [0.25, 0.3) is 0 Å². The van der Waals surface area contributed by atoms with Crippen LogP contribution in [0.4, 0.5) is 4.39 Å². The van der Waals surface area contributed by atoms with Gasteiger partial charge < -0.3 is 5.11 Å². The van der Waals surface area contributed by atoms with Crippen LogP contribution in [-0.4, -0.2) is 5.11 Å². The van der Waals surface area contributed by atoms with E-state index >= 15 is 0 Å². The van der Waals surface area contributed by atoms with Crippen molar-refractivity contribution in [1.82, 2.24) is 0 Å². The minimum absolute atomic E-state index is 0.0512. The molecular weight excluding hydrogens is 297 g/mol. The monoisotopic (exact) mass is 304 g/mol. The van der Waals surface area contributed by atoms with Crippen LogP contribution in [0.3, 0.4) is 0 Å². The van der Waals surface area contributed by atoms with Gasteiger partial charge in [-0.1, -0.05) is 59.1 Å². The Hall–Kier alpha value is -0.800. The smallest absolute Gasteiger partial charge is 0.147 e. The lowest BCUT2D eigenvalue weighted by Crippen LogP contribution is -2.03. The van der Waals surface area contributed by atoms with E-state index in [-0.39, 0.29) is 15.6 Å². The van der Waals surface area contributed by atoms with E-state index in [1.54, 1.807) is 24.3 Å². The van der Waals surface area contributed by atoms with Crippen molar-refractivity contribution in [2.75, 3.05) is 0 Å². The van der Waals surface area contributed by atoms with Crippen molar-refractivity contribution in [2.24, 2.45) is 0 Å². The second-order valence-corrected chi connectivity index (χ2v) is 4.88. The maximum absolute atomic E-state index is 13.8. The lowest BCUT2D eigenvalue weighted by Gasteiger charge is -2.15. The van der Waals surface area contributed by atoms with E-state index in [9.17, 15) is 9.50 Å². The zero-order valence-electron chi connectivity index (χ0n) is 9.00. The SMILES string of the molecule is OC(c1cccc(Cl)c1F)c1cccc(Cl)c1Cl. The average molecular weight is 306 g/mol. The normalized spacial score (nSPS) is 12.5. The van der Waals surface area contributed by atoms with Crippen molar-refractivity contribution in [3.63, 3.8) is 0 Å². The largest absolute Gasteiger partial charge is 0.383 e. The molecule has 2 aromatic carbocycles. The van der Waals surface area contributed by atoms with E-state index in [4.69, 9.17) is 34.8 Å². The second kappa shape index (κ2) is 5.45. The molecule has 0 aliphatic heterocycles. The zero-order chi connectivity index (χ0) is 13.3. The van der Waals surface area contributed by atoms with Gasteiger partial charge in [-0.15, -0.1) is 0 Å². The molecule has 0 aliphatic rings. The van der Waals surface area contributed by atoms with Gasteiger partial charge in [0.15, 0.2) is 0 Å². The Morgan fingerprint density at radius 3 is 2.11 bits per heavy atom.